The molecule has 26 heavy (non-hydrogen) atoms. The molecule has 0 aromatic heterocycles. The molecule has 6 nitrogen and oxygen atoms in total. The predicted octanol–water partition coefficient (Wildman–Crippen LogP) is 2.86. The summed E-state index contributed by atoms with van der Waals surface area (Å²) >= 11 is 0. The van der Waals surface area contributed by atoms with E-state index >= 15 is 0 Å². The average molecular weight is 360 g/mol. The van der Waals surface area contributed by atoms with Crippen LogP contribution in [0.15, 0.2) is 30.3 Å². The van der Waals surface area contributed by atoms with Crippen molar-refractivity contribution < 1.29 is 28.5 Å². The molecule has 0 saturated carbocycles. The molecule has 1 aliphatic rings. The van der Waals surface area contributed by atoms with Gasteiger partial charge in [0.2, 0.25) is 0 Å². The number of benzene rings is 2. The lowest BCUT2D eigenvalue weighted by Gasteiger charge is -2.14. The Hall–Kier alpha value is -2.15. The van der Waals surface area contributed by atoms with Gasteiger partial charge in [0.1, 0.15) is 13.2 Å². The molecule has 0 bridgehead atoms. The molecule has 0 N–H and O–H groups in total. The quantitative estimate of drug-likeness (QED) is 0.729. The number of hydrogen-bond donors (Lipinski definition) is 0. The Morgan fingerprint density at radius 2 is 1.19 bits per heavy atom. The monoisotopic (exact) mass is 360 g/mol. The van der Waals surface area contributed by atoms with Gasteiger partial charge in [-0.25, -0.2) is 0 Å². The summed E-state index contributed by atoms with van der Waals surface area (Å²) in [6, 6.07) is 9.44. The number of ketones is 1. The first-order valence-electron chi connectivity index (χ1n) is 8.81. The number of rotatable bonds is 1. The molecule has 6 heteroatoms. The minimum absolute atomic E-state index is 0.0352. The number of carbonyl (C=O) groups excluding carboxylic acids is 1. The van der Waals surface area contributed by atoms with Gasteiger partial charge in [-0.3, -0.25) is 4.79 Å². The van der Waals surface area contributed by atoms with Crippen LogP contribution >= 0.6 is 0 Å². The van der Waals surface area contributed by atoms with Gasteiger partial charge >= 0.3 is 0 Å². The third-order valence-corrected chi connectivity index (χ3v) is 4.02. The van der Waals surface area contributed by atoms with Gasteiger partial charge in [-0.2, -0.15) is 0 Å². The Labute approximate surface area is 152 Å². The zero-order valence-corrected chi connectivity index (χ0v) is 15.0. The summed E-state index contributed by atoms with van der Waals surface area (Å²) in [5.41, 5.74) is 0.673. The summed E-state index contributed by atoms with van der Waals surface area (Å²) in [5, 5.41) is 1.92. The zero-order chi connectivity index (χ0) is 18.2. The summed E-state index contributed by atoms with van der Waals surface area (Å²) in [6.45, 7) is 5.45. The first-order valence-corrected chi connectivity index (χ1v) is 8.81. The highest BCUT2D eigenvalue weighted by Crippen LogP contribution is 2.33. The van der Waals surface area contributed by atoms with E-state index < -0.39 is 0 Å². The van der Waals surface area contributed by atoms with Crippen molar-refractivity contribution >= 4 is 16.6 Å². The normalized spacial score (nSPS) is 17.3. The highest BCUT2D eigenvalue weighted by atomic mass is 16.6. The third-order valence-electron chi connectivity index (χ3n) is 4.02. The van der Waals surface area contributed by atoms with Gasteiger partial charge in [0.15, 0.2) is 17.3 Å². The number of carbonyl (C=O) groups is 1. The Balaban J connectivity index is 1.82. The van der Waals surface area contributed by atoms with Gasteiger partial charge in [-0.1, -0.05) is 12.1 Å². The van der Waals surface area contributed by atoms with Crippen molar-refractivity contribution in [3.63, 3.8) is 0 Å². The average Bonchev–Trinajstić information content (AvgIpc) is 2.65. The van der Waals surface area contributed by atoms with E-state index in [0.29, 0.717) is 69.9 Å². The van der Waals surface area contributed by atoms with Crippen molar-refractivity contribution in [2.24, 2.45) is 0 Å². The van der Waals surface area contributed by atoms with Gasteiger partial charge in [-0.05, 0) is 35.9 Å². The lowest BCUT2D eigenvalue weighted by Crippen LogP contribution is -2.13. The molecule has 0 saturated heterocycles. The number of hydrogen-bond acceptors (Lipinski definition) is 6. The molecule has 3 rings (SSSR count). The molecule has 0 amide bonds. The van der Waals surface area contributed by atoms with Gasteiger partial charge in [-0.15, -0.1) is 0 Å². The minimum Gasteiger partial charge on any atom is -0.487 e. The highest BCUT2D eigenvalue weighted by molar-refractivity contribution is 5.99. The Bertz CT molecular complexity index is 742. The van der Waals surface area contributed by atoms with Gasteiger partial charge in [0.25, 0.3) is 0 Å². The minimum atomic E-state index is 0.0352. The highest BCUT2D eigenvalue weighted by Gasteiger charge is 2.10. The van der Waals surface area contributed by atoms with Crippen LogP contribution in [0.25, 0.3) is 10.8 Å². The standard InChI is InChI=1S/C20H24O6/c1-15(21)16-2-3-17-13-19-20(14-18(17)12-16)26-11-9-24-7-5-22-4-6-23-8-10-25-19/h2-3,12-14H,4-11H2,1H3. The second kappa shape index (κ2) is 9.52. The Kier molecular flexibility index (Phi) is 6.82. The molecule has 0 spiro atoms. The zero-order valence-electron chi connectivity index (χ0n) is 15.0. The van der Waals surface area contributed by atoms with E-state index in [1.807, 2.05) is 30.3 Å². The van der Waals surface area contributed by atoms with Crippen molar-refractivity contribution in [3.8, 4) is 11.5 Å². The smallest absolute Gasteiger partial charge is 0.161 e. The predicted molar refractivity (Wildman–Crippen MR) is 97.4 cm³/mol. The second-order valence-electron chi connectivity index (χ2n) is 5.95. The van der Waals surface area contributed by atoms with Gasteiger partial charge in [0, 0.05) is 5.56 Å². The van der Waals surface area contributed by atoms with Crippen molar-refractivity contribution in [2.45, 2.75) is 6.92 Å². The van der Waals surface area contributed by atoms with Crippen LogP contribution in [-0.2, 0) is 14.2 Å². The fourth-order valence-electron chi connectivity index (χ4n) is 2.66. The Morgan fingerprint density at radius 1 is 0.692 bits per heavy atom. The van der Waals surface area contributed by atoms with Crippen LogP contribution in [0.4, 0.5) is 0 Å². The van der Waals surface area contributed by atoms with Crippen LogP contribution < -0.4 is 9.47 Å². The first-order chi connectivity index (χ1) is 12.7. The van der Waals surface area contributed by atoms with E-state index in [0.717, 1.165) is 10.8 Å². The van der Waals surface area contributed by atoms with Crippen molar-refractivity contribution in [2.75, 3.05) is 52.9 Å². The molecule has 1 aliphatic heterocycles. The van der Waals surface area contributed by atoms with E-state index in [4.69, 9.17) is 23.7 Å². The molecule has 2 aromatic carbocycles. The van der Waals surface area contributed by atoms with E-state index in [1.165, 1.54) is 0 Å². The fourth-order valence-corrected chi connectivity index (χ4v) is 2.66. The molecule has 140 valence electrons. The number of Topliss-reactive ketones (excluding diaryl/α,β-unsaturated/α-hetero) is 1. The third kappa shape index (κ3) is 5.17. The van der Waals surface area contributed by atoms with Crippen molar-refractivity contribution in [1.29, 1.82) is 0 Å². The Morgan fingerprint density at radius 3 is 1.73 bits per heavy atom. The number of ether oxygens (including phenoxy) is 5. The SMILES string of the molecule is CC(=O)c1ccc2cc3c(cc2c1)OCCOCCOCCOCCO3. The molecule has 0 fully saturated rings. The molecular formula is C20H24O6. The molecule has 2 aromatic rings. The summed E-state index contributed by atoms with van der Waals surface area (Å²) in [5.74, 6) is 1.32. The molecular weight excluding hydrogens is 336 g/mol. The van der Waals surface area contributed by atoms with Crippen LogP contribution in [0, 0.1) is 0 Å². The van der Waals surface area contributed by atoms with Crippen molar-refractivity contribution in [3.05, 3.63) is 35.9 Å². The van der Waals surface area contributed by atoms with Crippen molar-refractivity contribution in [1.82, 2.24) is 0 Å². The topological polar surface area (TPSA) is 63.2 Å². The molecule has 0 aliphatic carbocycles. The summed E-state index contributed by atoms with van der Waals surface area (Å²) in [7, 11) is 0. The maximum atomic E-state index is 11.6. The van der Waals surface area contributed by atoms with Crippen LogP contribution in [0.2, 0.25) is 0 Å². The maximum absolute atomic E-state index is 11.6. The lowest BCUT2D eigenvalue weighted by atomic mass is 10.0. The number of fused-ring (bicyclic) bond motifs is 2. The molecule has 1 heterocycles. The van der Waals surface area contributed by atoms with E-state index in [1.54, 1.807) is 6.92 Å². The largest absolute Gasteiger partial charge is 0.487 e. The van der Waals surface area contributed by atoms with E-state index in [2.05, 4.69) is 0 Å². The summed E-state index contributed by atoms with van der Waals surface area (Å²) in [6.07, 6.45) is 0. The molecule has 0 unspecified atom stereocenters. The maximum Gasteiger partial charge on any atom is 0.161 e. The first kappa shape index (κ1) is 18.6. The van der Waals surface area contributed by atoms with Crippen LogP contribution in [-0.4, -0.2) is 58.6 Å². The molecule has 0 radical (unpaired) electrons. The van der Waals surface area contributed by atoms with Gasteiger partial charge < -0.3 is 23.7 Å². The lowest BCUT2D eigenvalue weighted by molar-refractivity contribution is 0.00708. The van der Waals surface area contributed by atoms with Crippen LogP contribution in [0.5, 0.6) is 11.5 Å². The summed E-state index contributed by atoms with van der Waals surface area (Å²) in [4.78, 5) is 11.6. The van der Waals surface area contributed by atoms with Gasteiger partial charge in [0.05, 0.1) is 39.6 Å². The van der Waals surface area contributed by atoms with Crippen LogP contribution in [0.3, 0.4) is 0 Å². The second-order valence-corrected chi connectivity index (χ2v) is 5.95. The van der Waals surface area contributed by atoms with E-state index in [9.17, 15) is 4.79 Å². The van der Waals surface area contributed by atoms with E-state index in [-0.39, 0.29) is 5.78 Å². The molecule has 0 atom stereocenters. The summed E-state index contributed by atoms with van der Waals surface area (Å²) < 4.78 is 28.1. The van der Waals surface area contributed by atoms with Crippen LogP contribution in [0.1, 0.15) is 17.3 Å². The fraction of sp³-hybridized carbons (Fsp3) is 0.450.